The Kier molecular flexibility index (Phi) is 5.74. The first-order valence-electron chi connectivity index (χ1n) is 7.01. The van der Waals surface area contributed by atoms with Crippen molar-refractivity contribution in [2.24, 2.45) is 0 Å². The number of methoxy groups -OCH3 is 1. The van der Waals surface area contributed by atoms with Gasteiger partial charge in [-0.05, 0) is 31.5 Å². The van der Waals surface area contributed by atoms with Crippen LogP contribution in [-0.2, 0) is 20.5 Å². The third-order valence-electron chi connectivity index (χ3n) is 3.33. The Labute approximate surface area is 136 Å². The van der Waals surface area contributed by atoms with E-state index in [0.717, 1.165) is 16.0 Å². The summed E-state index contributed by atoms with van der Waals surface area (Å²) in [7, 11) is -1.79. The molecule has 1 N–H and O–H groups in total. The second kappa shape index (κ2) is 7.37. The summed E-state index contributed by atoms with van der Waals surface area (Å²) in [6, 6.07) is 11.5. The number of rotatable bonds is 7. The summed E-state index contributed by atoms with van der Waals surface area (Å²) >= 11 is 1.62. The molecular weight excluding hydrogens is 318 g/mol. The Bertz CT molecular complexity index is 705. The summed E-state index contributed by atoms with van der Waals surface area (Å²) in [6.45, 7) is 4.23. The van der Waals surface area contributed by atoms with E-state index < -0.39 is 10.0 Å². The molecule has 4 nitrogen and oxygen atoms in total. The quantitative estimate of drug-likeness (QED) is 0.843. The van der Waals surface area contributed by atoms with Crippen molar-refractivity contribution in [3.8, 4) is 0 Å². The molecule has 1 unspecified atom stereocenters. The molecule has 0 aliphatic heterocycles. The Hall–Kier alpha value is -1.21. The van der Waals surface area contributed by atoms with Gasteiger partial charge in [0.25, 0.3) is 0 Å². The van der Waals surface area contributed by atoms with Crippen LogP contribution in [0.5, 0.6) is 0 Å². The zero-order valence-electron chi connectivity index (χ0n) is 13.0. The zero-order valence-corrected chi connectivity index (χ0v) is 14.6. The molecule has 22 heavy (non-hydrogen) atoms. The lowest BCUT2D eigenvalue weighted by Crippen LogP contribution is -2.30. The van der Waals surface area contributed by atoms with Gasteiger partial charge in [-0.1, -0.05) is 29.8 Å². The van der Waals surface area contributed by atoms with Crippen LogP contribution < -0.4 is 4.72 Å². The molecule has 2 rings (SSSR count). The van der Waals surface area contributed by atoms with E-state index in [1.165, 1.54) is 4.88 Å². The molecule has 0 bridgehead atoms. The molecule has 1 aromatic carbocycles. The predicted octanol–water partition coefficient (Wildman–Crippen LogP) is 3.17. The monoisotopic (exact) mass is 339 g/mol. The maximum atomic E-state index is 12.2. The van der Waals surface area contributed by atoms with Crippen LogP contribution in [0.2, 0.25) is 0 Å². The highest BCUT2D eigenvalue weighted by Crippen LogP contribution is 2.24. The number of hydrogen-bond acceptors (Lipinski definition) is 4. The molecule has 0 spiro atoms. The standard InChI is InChI=1S/C16H21NO3S2/c1-12-4-7-14(8-5-12)11-22(18,19)17-10-15(20-3)16-9-6-13(2)21-16/h4-9,15,17H,10-11H2,1-3H3. The predicted molar refractivity (Wildman–Crippen MR) is 90.6 cm³/mol. The van der Waals surface area contributed by atoms with E-state index in [0.29, 0.717) is 0 Å². The first kappa shape index (κ1) is 17.1. The molecule has 1 atom stereocenters. The molecule has 0 aliphatic rings. The highest BCUT2D eigenvalue weighted by molar-refractivity contribution is 7.88. The molecule has 0 fully saturated rings. The van der Waals surface area contributed by atoms with E-state index in [4.69, 9.17) is 4.74 Å². The maximum absolute atomic E-state index is 12.2. The van der Waals surface area contributed by atoms with Gasteiger partial charge >= 0.3 is 0 Å². The van der Waals surface area contributed by atoms with E-state index in [1.807, 2.05) is 50.2 Å². The van der Waals surface area contributed by atoms with E-state index >= 15 is 0 Å². The maximum Gasteiger partial charge on any atom is 0.215 e. The van der Waals surface area contributed by atoms with E-state index in [-0.39, 0.29) is 18.4 Å². The average molecular weight is 339 g/mol. The fraction of sp³-hybridized carbons (Fsp3) is 0.375. The van der Waals surface area contributed by atoms with Gasteiger partial charge in [-0.15, -0.1) is 11.3 Å². The lowest BCUT2D eigenvalue weighted by atomic mass is 10.2. The molecule has 0 saturated heterocycles. The molecular formula is C16H21NO3S2. The average Bonchev–Trinajstić information content (AvgIpc) is 2.88. The summed E-state index contributed by atoms with van der Waals surface area (Å²) in [6.07, 6.45) is -0.258. The number of ether oxygens (including phenoxy) is 1. The van der Waals surface area contributed by atoms with Crippen LogP contribution in [0.4, 0.5) is 0 Å². The van der Waals surface area contributed by atoms with Gasteiger partial charge in [0.15, 0.2) is 0 Å². The topological polar surface area (TPSA) is 55.4 Å². The Balaban J connectivity index is 1.97. The van der Waals surface area contributed by atoms with Gasteiger partial charge in [-0.2, -0.15) is 0 Å². The van der Waals surface area contributed by atoms with Gasteiger partial charge in [-0.25, -0.2) is 13.1 Å². The molecule has 0 radical (unpaired) electrons. The SMILES string of the molecule is COC(CNS(=O)(=O)Cc1ccc(C)cc1)c1ccc(C)s1. The van der Waals surface area contributed by atoms with Crippen molar-refractivity contribution in [1.29, 1.82) is 0 Å². The fourth-order valence-electron chi connectivity index (χ4n) is 2.08. The molecule has 6 heteroatoms. The fourth-order valence-corrected chi connectivity index (χ4v) is 4.18. The molecule has 120 valence electrons. The summed E-state index contributed by atoms with van der Waals surface area (Å²) in [5.74, 6) is -0.0207. The van der Waals surface area contributed by atoms with Crippen molar-refractivity contribution in [2.75, 3.05) is 13.7 Å². The van der Waals surface area contributed by atoms with Gasteiger partial charge in [0, 0.05) is 23.4 Å². The third-order valence-corrected chi connectivity index (χ3v) is 5.74. The highest BCUT2D eigenvalue weighted by atomic mass is 32.2. The molecule has 1 aromatic heterocycles. The smallest absolute Gasteiger partial charge is 0.215 e. The van der Waals surface area contributed by atoms with Crippen LogP contribution in [-0.4, -0.2) is 22.1 Å². The lowest BCUT2D eigenvalue weighted by Gasteiger charge is -2.15. The Morgan fingerprint density at radius 1 is 1.14 bits per heavy atom. The summed E-state index contributed by atoms with van der Waals surface area (Å²) in [5.41, 5.74) is 1.89. The second-order valence-corrected chi connectivity index (χ2v) is 8.39. The number of aryl methyl sites for hydroxylation is 2. The minimum absolute atomic E-state index is 0.0207. The van der Waals surface area contributed by atoms with Gasteiger partial charge in [0.1, 0.15) is 6.10 Å². The summed E-state index contributed by atoms with van der Waals surface area (Å²) in [4.78, 5) is 2.21. The normalized spacial score (nSPS) is 13.2. The van der Waals surface area contributed by atoms with Gasteiger partial charge in [0.05, 0.1) is 5.75 Å². The number of thiophene rings is 1. The van der Waals surface area contributed by atoms with Gasteiger partial charge < -0.3 is 4.74 Å². The number of nitrogens with one attached hydrogen (secondary N) is 1. The zero-order chi connectivity index (χ0) is 16.2. The second-order valence-electron chi connectivity index (χ2n) is 5.27. The Morgan fingerprint density at radius 3 is 2.36 bits per heavy atom. The van der Waals surface area contributed by atoms with Crippen LogP contribution in [0.15, 0.2) is 36.4 Å². The van der Waals surface area contributed by atoms with E-state index in [2.05, 4.69) is 4.72 Å². The van der Waals surface area contributed by atoms with Crippen LogP contribution in [0, 0.1) is 13.8 Å². The first-order valence-corrected chi connectivity index (χ1v) is 9.48. The minimum atomic E-state index is -3.38. The van der Waals surface area contributed by atoms with Gasteiger partial charge in [0.2, 0.25) is 10.0 Å². The number of benzene rings is 1. The van der Waals surface area contributed by atoms with E-state index in [1.54, 1.807) is 18.4 Å². The molecule has 0 aliphatic carbocycles. The first-order chi connectivity index (χ1) is 10.4. The van der Waals surface area contributed by atoms with E-state index in [9.17, 15) is 8.42 Å². The molecule has 1 heterocycles. The summed E-state index contributed by atoms with van der Waals surface area (Å²) < 4.78 is 32.4. The van der Waals surface area contributed by atoms with Crippen molar-refractivity contribution >= 4 is 21.4 Å². The van der Waals surface area contributed by atoms with Crippen LogP contribution in [0.25, 0.3) is 0 Å². The molecule has 2 aromatic rings. The minimum Gasteiger partial charge on any atom is -0.375 e. The van der Waals surface area contributed by atoms with Crippen molar-refractivity contribution in [2.45, 2.75) is 25.7 Å². The van der Waals surface area contributed by atoms with Crippen LogP contribution >= 0.6 is 11.3 Å². The van der Waals surface area contributed by atoms with Crippen LogP contribution in [0.1, 0.15) is 27.0 Å². The van der Waals surface area contributed by atoms with Crippen molar-refractivity contribution in [1.82, 2.24) is 4.72 Å². The van der Waals surface area contributed by atoms with Crippen LogP contribution in [0.3, 0.4) is 0 Å². The van der Waals surface area contributed by atoms with Crippen molar-refractivity contribution in [3.05, 3.63) is 57.3 Å². The molecule has 0 saturated carbocycles. The van der Waals surface area contributed by atoms with Crippen molar-refractivity contribution in [3.63, 3.8) is 0 Å². The molecule has 0 amide bonds. The van der Waals surface area contributed by atoms with Crippen molar-refractivity contribution < 1.29 is 13.2 Å². The number of hydrogen-bond donors (Lipinski definition) is 1. The highest BCUT2D eigenvalue weighted by Gasteiger charge is 2.17. The van der Waals surface area contributed by atoms with Gasteiger partial charge in [-0.3, -0.25) is 0 Å². The largest absolute Gasteiger partial charge is 0.375 e. The third kappa shape index (κ3) is 4.91. The number of sulfonamides is 1. The lowest BCUT2D eigenvalue weighted by molar-refractivity contribution is 0.110. The Morgan fingerprint density at radius 2 is 1.82 bits per heavy atom. The summed E-state index contributed by atoms with van der Waals surface area (Å²) in [5, 5.41) is 0.